The summed E-state index contributed by atoms with van der Waals surface area (Å²) >= 11 is 0. The van der Waals surface area contributed by atoms with E-state index in [0.717, 1.165) is 29.7 Å². The second-order valence-corrected chi connectivity index (χ2v) is 6.21. The number of carbonyl (C=O) groups excluding carboxylic acids is 1. The molecule has 1 aromatic heterocycles. The molecule has 2 heterocycles. The number of para-hydroxylation sites is 1. The fourth-order valence-corrected chi connectivity index (χ4v) is 3.13. The Balaban J connectivity index is 1.42. The van der Waals surface area contributed by atoms with Gasteiger partial charge in [0.05, 0.1) is 24.0 Å². The number of carbonyl (C=O) groups is 1. The summed E-state index contributed by atoms with van der Waals surface area (Å²) in [5.74, 6) is -0.125. The molecule has 1 saturated heterocycles. The molecule has 0 spiro atoms. The maximum Gasteiger partial charge on any atom is 0.254 e. The van der Waals surface area contributed by atoms with Crippen molar-refractivity contribution in [1.82, 2.24) is 15.1 Å². The summed E-state index contributed by atoms with van der Waals surface area (Å²) < 4.78 is 5.69. The number of benzene rings is 2. The molecule has 128 valence electrons. The Kier molecular flexibility index (Phi) is 4.45. The second kappa shape index (κ2) is 7.04. The predicted octanol–water partition coefficient (Wildman–Crippen LogP) is 2.40. The van der Waals surface area contributed by atoms with Gasteiger partial charge in [0.2, 0.25) is 0 Å². The van der Waals surface area contributed by atoms with Crippen molar-refractivity contribution in [2.45, 2.75) is 12.6 Å². The van der Waals surface area contributed by atoms with Gasteiger partial charge in [0, 0.05) is 25.0 Å². The Bertz CT molecular complexity index is 862. The van der Waals surface area contributed by atoms with Crippen molar-refractivity contribution >= 4 is 22.5 Å². The number of nitrogens with one attached hydrogen (secondary N) is 2. The lowest BCUT2D eigenvalue weighted by atomic mass is 10.1. The summed E-state index contributed by atoms with van der Waals surface area (Å²) in [5.41, 5.74) is 2.79. The van der Waals surface area contributed by atoms with Gasteiger partial charge in [-0.1, -0.05) is 42.5 Å². The first-order valence-corrected chi connectivity index (χ1v) is 8.40. The summed E-state index contributed by atoms with van der Waals surface area (Å²) in [6.07, 6.45) is 1.26. The van der Waals surface area contributed by atoms with Crippen LogP contribution in [-0.2, 0) is 16.1 Å². The highest BCUT2D eigenvalue weighted by molar-refractivity contribution is 6.01. The number of H-pyrrole nitrogens is 1. The SMILES string of the molecule is O=C(Nc1cccc2cn[nH]c12)C1CN(Cc2ccccc2)CCO1. The van der Waals surface area contributed by atoms with Gasteiger partial charge in [0.1, 0.15) is 6.10 Å². The number of morpholine rings is 1. The number of rotatable bonds is 4. The highest BCUT2D eigenvalue weighted by Gasteiger charge is 2.27. The Hall–Kier alpha value is -2.70. The highest BCUT2D eigenvalue weighted by atomic mass is 16.5. The molecule has 0 bridgehead atoms. The standard InChI is InChI=1S/C19H20N4O2/c24-19(21-16-8-4-7-15-11-20-22-18(15)16)17-13-23(9-10-25-17)12-14-5-2-1-3-6-14/h1-8,11,17H,9-10,12-13H2,(H,20,22)(H,21,24). The third-order valence-corrected chi connectivity index (χ3v) is 4.43. The van der Waals surface area contributed by atoms with E-state index in [-0.39, 0.29) is 5.91 Å². The van der Waals surface area contributed by atoms with Crippen LogP contribution in [-0.4, -0.2) is 46.8 Å². The number of nitrogens with zero attached hydrogens (tertiary/aromatic N) is 2. The van der Waals surface area contributed by atoms with Crippen molar-refractivity contribution in [1.29, 1.82) is 0 Å². The van der Waals surface area contributed by atoms with Gasteiger partial charge in [0.25, 0.3) is 5.91 Å². The summed E-state index contributed by atoms with van der Waals surface area (Å²) in [7, 11) is 0. The number of hydrogen-bond donors (Lipinski definition) is 2. The van der Waals surface area contributed by atoms with Crippen LogP contribution in [0.25, 0.3) is 10.9 Å². The quantitative estimate of drug-likeness (QED) is 0.767. The van der Waals surface area contributed by atoms with E-state index in [4.69, 9.17) is 4.74 Å². The Morgan fingerprint density at radius 1 is 1.24 bits per heavy atom. The molecule has 0 aliphatic carbocycles. The van der Waals surface area contributed by atoms with Gasteiger partial charge in [-0.3, -0.25) is 14.8 Å². The molecular weight excluding hydrogens is 316 g/mol. The predicted molar refractivity (Wildman–Crippen MR) is 96.2 cm³/mol. The van der Waals surface area contributed by atoms with E-state index in [1.807, 2.05) is 36.4 Å². The minimum Gasteiger partial charge on any atom is -0.366 e. The van der Waals surface area contributed by atoms with Gasteiger partial charge in [0.15, 0.2) is 0 Å². The topological polar surface area (TPSA) is 70.2 Å². The molecule has 1 aliphatic rings. The van der Waals surface area contributed by atoms with Crippen molar-refractivity contribution in [2.75, 3.05) is 25.0 Å². The van der Waals surface area contributed by atoms with Gasteiger partial charge in [-0.25, -0.2) is 0 Å². The Morgan fingerprint density at radius 2 is 2.12 bits per heavy atom. The van der Waals surface area contributed by atoms with Crippen LogP contribution in [0.4, 0.5) is 5.69 Å². The number of hydrogen-bond acceptors (Lipinski definition) is 4. The Morgan fingerprint density at radius 3 is 3.00 bits per heavy atom. The first kappa shape index (κ1) is 15.8. The average molecular weight is 336 g/mol. The summed E-state index contributed by atoms with van der Waals surface area (Å²) in [6.45, 7) is 2.79. The van der Waals surface area contributed by atoms with Crippen molar-refractivity contribution in [2.24, 2.45) is 0 Å². The van der Waals surface area contributed by atoms with E-state index >= 15 is 0 Å². The zero-order valence-corrected chi connectivity index (χ0v) is 13.8. The smallest absolute Gasteiger partial charge is 0.254 e. The van der Waals surface area contributed by atoms with Crippen LogP contribution < -0.4 is 5.32 Å². The molecule has 1 aliphatic heterocycles. The zero-order valence-electron chi connectivity index (χ0n) is 13.8. The number of aromatic amines is 1. The minimum atomic E-state index is -0.476. The number of fused-ring (bicyclic) bond motifs is 1. The molecule has 6 heteroatoms. The number of ether oxygens (including phenoxy) is 1. The van der Waals surface area contributed by atoms with Crippen molar-refractivity contribution in [3.05, 3.63) is 60.3 Å². The van der Waals surface area contributed by atoms with Gasteiger partial charge in [-0.15, -0.1) is 0 Å². The molecule has 4 rings (SSSR count). The van der Waals surface area contributed by atoms with Crippen LogP contribution in [0, 0.1) is 0 Å². The maximum absolute atomic E-state index is 12.6. The van der Waals surface area contributed by atoms with E-state index in [2.05, 4.69) is 32.5 Å². The van der Waals surface area contributed by atoms with Crippen LogP contribution in [0.1, 0.15) is 5.56 Å². The molecule has 1 unspecified atom stereocenters. The second-order valence-electron chi connectivity index (χ2n) is 6.21. The largest absolute Gasteiger partial charge is 0.366 e. The van der Waals surface area contributed by atoms with Gasteiger partial charge in [-0.05, 0) is 11.6 Å². The van der Waals surface area contributed by atoms with Crippen molar-refractivity contribution < 1.29 is 9.53 Å². The van der Waals surface area contributed by atoms with Crippen LogP contribution in [0.5, 0.6) is 0 Å². The van der Waals surface area contributed by atoms with Crippen LogP contribution in [0.3, 0.4) is 0 Å². The lowest BCUT2D eigenvalue weighted by Crippen LogP contribution is -2.47. The number of amides is 1. The van der Waals surface area contributed by atoms with Crippen LogP contribution >= 0.6 is 0 Å². The molecule has 0 saturated carbocycles. The molecule has 2 aromatic carbocycles. The monoisotopic (exact) mass is 336 g/mol. The third kappa shape index (κ3) is 3.55. The minimum absolute atomic E-state index is 0.125. The number of aromatic nitrogens is 2. The average Bonchev–Trinajstić information content (AvgIpc) is 3.13. The molecule has 2 N–H and O–H groups in total. The van der Waals surface area contributed by atoms with Gasteiger partial charge in [-0.2, -0.15) is 5.10 Å². The molecule has 25 heavy (non-hydrogen) atoms. The first-order valence-electron chi connectivity index (χ1n) is 8.40. The fourth-order valence-electron chi connectivity index (χ4n) is 3.13. The van der Waals surface area contributed by atoms with E-state index in [1.165, 1.54) is 5.56 Å². The van der Waals surface area contributed by atoms with Crippen molar-refractivity contribution in [3.8, 4) is 0 Å². The molecular formula is C19H20N4O2. The normalized spacial score (nSPS) is 18.3. The van der Waals surface area contributed by atoms with Crippen LogP contribution in [0.15, 0.2) is 54.7 Å². The van der Waals surface area contributed by atoms with E-state index in [1.54, 1.807) is 6.20 Å². The molecule has 1 amide bonds. The molecule has 6 nitrogen and oxygen atoms in total. The summed E-state index contributed by atoms with van der Waals surface area (Å²) in [4.78, 5) is 14.9. The molecule has 1 fully saturated rings. The number of anilines is 1. The Labute approximate surface area is 145 Å². The summed E-state index contributed by atoms with van der Waals surface area (Å²) in [6, 6.07) is 16.0. The van der Waals surface area contributed by atoms with E-state index < -0.39 is 6.10 Å². The van der Waals surface area contributed by atoms with E-state index in [9.17, 15) is 4.79 Å². The molecule has 1 atom stereocenters. The lowest BCUT2D eigenvalue weighted by molar-refractivity contribution is -0.133. The lowest BCUT2D eigenvalue weighted by Gasteiger charge is -2.32. The fraction of sp³-hybridized carbons (Fsp3) is 0.263. The third-order valence-electron chi connectivity index (χ3n) is 4.43. The maximum atomic E-state index is 12.6. The van der Waals surface area contributed by atoms with Crippen molar-refractivity contribution in [3.63, 3.8) is 0 Å². The van der Waals surface area contributed by atoms with E-state index in [0.29, 0.717) is 13.2 Å². The molecule has 3 aromatic rings. The highest BCUT2D eigenvalue weighted by Crippen LogP contribution is 2.21. The zero-order chi connectivity index (χ0) is 17.1. The van der Waals surface area contributed by atoms with Gasteiger partial charge < -0.3 is 10.1 Å². The first-order chi connectivity index (χ1) is 12.3. The van der Waals surface area contributed by atoms with Crippen LogP contribution in [0.2, 0.25) is 0 Å². The summed E-state index contributed by atoms with van der Waals surface area (Å²) in [5, 5.41) is 10.9. The molecule has 0 radical (unpaired) electrons. The van der Waals surface area contributed by atoms with Gasteiger partial charge >= 0.3 is 0 Å².